The zero-order valence-corrected chi connectivity index (χ0v) is 29.1. The Morgan fingerprint density at radius 2 is 0.807 bits per heavy atom. The first-order valence-corrected chi connectivity index (χ1v) is 17.6. The van der Waals surface area contributed by atoms with Crippen LogP contribution < -0.4 is 0 Å². The highest BCUT2D eigenvalue weighted by atomic mass is 16.3. The summed E-state index contributed by atoms with van der Waals surface area (Å²) in [4.78, 5) is 14.8. The lowest BCUT2D eigenvalue weighted by atomic mass is 10.1. The summed E-state index contributed by atoms with van der Waals surface area (Å²) < 4.78 is 170. The Labute approximate surface area is 351 Å². The molecule has 0 radical (unpaired) electrons. The van der Waals surface area contributed by atoms with Crippen LogP contribution >= 0.6 is 0 Å². The van der Waals surface area contributed by atoms with Crippen LogP contribution in [0, 0.1) is 0 Å². The minimum absolute atomic E-state index is 0.0182. The summed E-state index contributed by atoms with van der Waals surface area (Å²) in [5.74, 6) is -0.739. The van der Waals surface area contributed by atoms with Gasteiger partial charge in [-0.2, -0.15) is 0 Å². The standard InChI is InChI=1S/C51H31N5O/c1-8-22-41-33(15-1)34-16-2-9-23-42(34)55(41)45-26-12-5-20-39(45)50-52-49(32-29-30-38-37-19-7-14-28-47(37)57-48(38)31-32)53-51(54-50)40-21-6-13-27-46(40)56-43-24-10-3-17-35(43)36-18-4-11-25-44(36)56/h1-31H/i1D,2D,3D,4D,7D,15D,16D,17D,18D,19D,22D,23D,24D,25D,28D,29D,30D,31D. The number of para-hydroxylation sites is 7. The maximum absolute atomic E-state index is 9.62. The van der Waals surface area contributed by atoms with E-state index in [1.54, 1.807) is 48.5 Å². The second-order valence-electron chi connectivity index (χ2n) is 13.0. The van der Waals surface area contributed by atoms with Crippen molar-refractivity contribution in [3.8, 4) is 45.5 Å². The lowest BCUT2D eigenvalue weighted by molar-refractivity contribution is 0.669. The van der Waals surface area contributed by atoms with Crippen LogP contribution in [-0.2, 0) is 0 Å². The van der Waals surface area contributed by atoms with Gasteiger partial charge in [-0.25, -0.2) is 15.0 Å². The number of nitrogens with zero attached hydrogens (tertiary/aromatic N) is 5. The fraction of sp³-hybridized carbons (Fsp3) is 0. The maximum atomic E-state index is 9.62. The number of rotatable bonds is 5. The number of benzene rings is 8. The van der Waals surface area contributed by atoms with Crippen molar-refractivity contribution in [2.45, 2.75) is 0 Å². The molecule has 0 bridgehead atoms. The van der Waals surface area contributed by atoms with Crippen molar-refractivity contribution in [1.29, 1.82) is 0 Å². The molecule has 0 atom stereocenters. The molecule has 0 unspecified atom stereocenters. The van der Waals surface area contributed by atoms with Crippen LogP contribution in [0.4, 0.5) is 0 Å². The first-order chi connectivity index (χ1) is 35.7. The van der Waals surface area contributed by atoms with Crippen LogP contribution in [0.1, 0.15) is 24.7 Å². The van der Waals surface area contributed by atoms with Gasteiger partial charge in [0, 0.05) is 49.0 Å². The van der Waals surface area contributed by atoms with E-state index in [1.165, 1.54) is 9.13 Å². The van der Waals surface area contributed by atoms with Crippen molar-refractivity contribution < 1.29 is 29.1 Å². The Morgan fingerprint density at radius 1 is 0.386 bits per heavy atom. The molecular formula is C51H31N5O. The Kier molecular flexibility index (Phi) is 4.04. The molecular weight excluding hydrogens is 699 g/mol. The third-order valence-electron chi connectivity index (χ3n) is 9.82. The fourth-order valence-corrected chi connectivity index (χ4v) is 7.41. The molecule has 0 amide bonds. The molecule has 266 valence electrons. The van der Waals surface area contributed by atoms with Gasteiger partial charge in [0.05, 0.1) is 58.1 Å². The van der Waals surface area contributed by atoms with Crippen molar-refractivity contribution in [2.24, 2.45) is 0 Å². The predicted octanol–water partition coefficient (Wildman–Crippen LogP) is 13.0. The molecule has 4 aromatic heterocycles. The van der Waals surface area contributed by atoms with Crippen LogP contribution in [0.2, 0.25) is 0 Å². The summed E-state index contributed by atoms with van der Waals surface area (Å²) in [6, 6.07) is 12.3. The van der Waals surface area contributed by atoms with Crippen molar-refractivity contribution in [1.82, 2.24) is 24.1 Å². The average molecular weight is 748 g/mol. The van der Waals surface area contributed by atoms with Crippen LogP contribution in [0.25, 0.3) is 111 Å². The number of hydrogen-bond donors (Lipinski definition) is 0. The Bertz CT molecular complexity index is 4250. The first-order valence-electron chi connectivity index (χ1n) is 26.6. The van der Waals surface area contributed by atoms with Gasteiger partial charge in [-0.3, -0.25) is 0 Å². The summed E-state index contributed by atoms with van der Waals surface area (Å²) in [5.41, 5.74) is -0.0854. The summed E-state index contributed by atoms with van der Waals surface area (Å²) in [6.07, 6.45) is 0. The molecule has 0 fully saturated rings. The van der Waals surface area contributed by atoms with E-state index in [9.17, 15) is 9.60 Å². The number of fused-ring (bicyclic) bond motifs is 9. The second kappa shape index (κ2) is 12.3. The van der Waals surface area contributed by atoms with Gasteiger partial charge in [-0.05, 0) is 66.6 Å². The molecule has 6 heteroatoms. The second-order valence-corrected chi connectivity index (χ2v) is 13.0. The number of furan rings is 1. The molecule has 0 aliphatic rings. The van der Waals surface area contributed by atoms with Gasteiger partial charge < -0.3 is 13.6 Å². The van der Waals surface area contributed by atoms with E-state index in [-0.39, 0.29) is 202 Å². The number of hydrogen-bond acceptors (Lipinski definition) is 4. The largest absolute Gasteiger partial charge is 0.456 e. The Balaban J connectivity index is 1.22. The van der Waals surface area contributed by atoms with Crippen molar-refractivity contribution >= 4 is 65.6 Å². The summed E-state index contributed by atoms with van der Waals surface area (Å²) in [6.45, 7) is 0. The lowest BCUT2D eigenvalue weighted by Gasteiger charge is -2.16. The third-order valence-corrected chi connectivity index (χ3v) is 9.82. The predicted molar refractivity (Wildman–Crippen MR) is 232 cm³/mol. The fourth-order valence-electron chi connectivity index (χ4n) is 7.41. The molecule has 0 saturated heterocycles. The van der Waals surface area contributed by atoms with E-state index in [0.29, 0.717) is 0 Å². The van der Waals surface area contributed by atoms with Gasteiger partial charge >= 0.3 is 0 Å². The maximum Gasteiger partial charge on any atom is 0.166 e. The molecule has 6 nitrogen and oxygen atoms in total. The SMILES string of the molecule is [2H]c1cc([2H])c2oc3c([2H])c(-c4nc(-c5ccccc5-n5c6c([2H])cc([2H])c([2H])c6c6c([2H])c([2H])cc([2H])c65)nc(-c5ccccc5-n5c6c([2H])cc([2H])c([2H])c6c6c([2H])c([2H])cc([2H])c65)n4)c([2H])c([2H])c3c2c1[2H]. The van der Waals surface area contributed by atoms with Crippen LogP contribution in [0.5, 0.6) is 0 Å². The molecule has 0 spiro atoms. The van der Waals surface area contributed by atoms with E-state index in [0.717, 1.165) is 30.3 Å². The summed E-state index contributed by atoms with van der Waals surface area (Å²) in [7, 11) is 0. The first kappa shape index (κ1) is 18.7. The van der Waals surface area contributed by atoms with Gasteiger partial charge in [0.2, 0.25) is 0 Å². The van der Waals surface area contributed by atoms with E-state index < -0.39 is 18.1 Å². The zero-order chi connectivity index (χ0) is 53.1. The topological polar surface area (TPSA) is 61.7 Å². The van der Waals surface area contributed by atoms with Crippen molar-refractivity contribution in [3.05, 3.63) is 188 Å². The molecule has 0 aliphatic heterocycles. The smallest absolute Gasteiger partial charge is 0.166 e. The van der Waals surface area contributed by atoms with E-state index in [1.807, 2.05) is 0 Å². The third kappa shape index (κ3) is 4.81. The molecule has 8 aromatic carbocycles. The van der Waals surface area contributed by atoms with Crippen molar-refractivity contribution in [2.75, 3.05) is 0 Å². The minimum Gasteiger partial charge on any atom is -0.456 e. The molecule has 0 aliphatic carbocycles. The van der Waals surface area contributed by atoms with E-state index in [4.69, 9.17) is 34.4 Å². The van der Waals surface area contributed by atoms with Gasteiger partial charge in [-0.1, -0.05) is 121 Å². The van der Waals surface area contributed by atoms with E-state index >= 15 is 0 Å². The highest BCUT2D eigenvalue weighted by molar-refractivity contribution is 6.11. The van der Waals surface area contributed by atoms with Gasteiger partial charge in [0.25, 0.3) is 0 Å². The molecule has 12 rings (SSSR count). The van der Waals surface area contributed by atoms with Crippen LogP contribution in [0.15, 0.2) is 192 Å². The molecule has 0 N–H and O–H groups in total. The van der Waals surface area contributed by atoms with Crippen LogP contribution in [-0.4, -0.2) is 24.1 Å². The minimum atomic E-state index is -0.604. The van der Waals surface area contributed by atoms with Gasteiger partial charge in [0.1, 0.15) is 11.2 Å². The Hall–Kier alpha value is -7.83. The zero-order valence-electron chi connectivity index (χ0n) is 47.1. The van der Waals surface area contributed by atoms with Crippen molar-refractivity contribution in [3.63, 3.8) is 0 Å². The quantitative estimate of drug-likeness (QED) is 0.176. The highest BCUT2D eigenvalue weighted by Gasteiger charge is 2.22. The Morgan fingerprint density at radius 3 is 1.32 bits per heavy atom. The lowest BCUT2D eigenvalue weighted by Crippen LogP contribution is -2.05. The monoisotopic (exact) mass is 747 g/mol. The molecule has 0 saturated carbocycles. The summed E-state index contributed by atoms with van der Waals surface area (Å²) >= 11 is 0. The van der Waals surface area contributed by atoms with Gasteiger partial charge in [-0.15, -0.1) is 0 Å². The average Bonchev–Trinajstić information content (AvgIpc) is 4.09. The summed E-state index contributed by atoms with van der Waals surface area (Å²) in [5, 5.41) is -0.333. The van der Waals surface area contributed by atoms with Crippen LogP contribution in [0.3, 0.4) is 0 Å². The normalized spacial score (nSPS) is 16.3. The molecule has 57 heavy (non-hydrogen) atoms. The highest BCUT2D eigenvalue weighted by Crippen LogP contribution is 2.39. The molecule has 12 aromatic rings. The van der Waals surface area contributed by atoms with E-state index in [2.05, 4.69) is 0 Å². The van der Waals surface area contributed by atoms with Gasteiger partial charge in [0.15, 0.2) is 17.5 Å². The number of aromatic nitrogens is 5. The molecule has 4 heterocycles.